The smallest absolute Gasteiger partial charge is 0.0433 e. The monoisotopic (exact) mass is 196 g/mol. The van der Waals surface area contributed by atoms with Crippen LogP contribution in [-0.2, 0) is 0 Å². The second-order valence-electron chi connectivity index (χ2n) is 4.73. The normalized spacial score (nSPS) is 24.6. The minimum atomic E-state index is 0.102. The fourth-order valence-corrected chi connectivity index (χ4v) is 2.40. The molecule has 2 N–H and O–H groups in total. The average Bonchev–Trinajstić information content (AvgIpc) is 2.68. The van der Waals surface area contributed by atoms with Crippen molar-refractivity contribution < 1.29 is 0 Å². The lowest BCUT2D eigenvalue weighted by molar-refractivity contribution is 0.112. The van der Waals surface area contributed by atoms with Crippen LogP contribution in [0, 0.1) is 0 Å². The van der Waals surface area contributed by atoms with Crippen molar-refractivity contribution in [3.8, 4) is 0 Å². The molecule has 1 saturated heterocycles. The van der Waals surface area contributed by atoms with E-state index in [9.17, 15) is 0 Å². The molecular formula is C12H24N2. The van der Waals surface area contributed by atoms with Crippen LogP contribution < -0.4 is 5.73 Å². The van der Waals surface area contributed by atoms with Gasteiger partial charge in [0.25, 0.3) is 0 Å². The zero-order chi connectivity index (χ0) is 10.8. The highest BCUT2D eigenvalue weighted by Crippen LogP contribution is 2.29. The topological polar surface area (TPSA) is 29.3 Å². The molecule has 0 radical (unpaired) electrons. The van der Waals surface area contributed by atoms with E-state index < -0.39 is 0 Å². The second-order valence-corrected chi connectivity index (χ2v) is 4.73. The summed E-state index contributed by atoms with van der Waals surface area (Å²) in [4.78, 5) is 2.53. The average molecular weight is 196 g/mol. The van der Waals surface area contributed by atoms with Gasteiger partial charge in [-0.05, 0) is 46.2 Å². The van der Waals surface area contributed by atoms with Gasteiger partial charge in [-0.25, -0.2) is 0 Å². The third-order valence-electron chi connectivity index (χ3n) is 3.75. The molecule has 0 aliphatic carbocycles. The van der Waals surface area contributed by atoms with Gasteiger partial charge in [0.15, 0.2) is 0 Å². The molecule has 0 bridgehead atoms. The fourth-order valence-electron chi connectivity index (χ4n) is 2.40. The van der Waals surface area contributed by atoms with E-state index in [0.29, 0.717) is 0 Å². The molecule has 82 valence electrons. The molecule has 2 atom stereocenters. The highest BCUT2D eigenvalue weighted by atomic mass is 15.2. The van der Waals surface area contributed by atoms with Crippen molar-refractivity contribution in [1.82, 2.24) is 4.90 Å². The van der Waals surface area contributed by atoms with Crippen LogP contribution in [0.2, 0.25) is 0 Å². The van der Waals surface area contributed by atoms with Gasteiger partial charge in [0, 0.05) is 11.6 Å². The first-order valence-corrected chi connectivity index (χ1v) is 5.68. The third kappa shape index (κ3) is 2.01. The molecule has 0 spiro atoms. The predicted molar refractivity (Wildman–Crippen MR) is 62.3 cm³/mol. The van der Waals surface area contributed by atoms with Crippen LogP contribution in [0.5, 0.6) is 0 Å². The zero-order valence-electron chi connectivity index (χ0n) is 9.84. The second kappa shape index (κ2) is 4.45. The lowest BCUT2D eigenvalue weighted by Crippen LogP contribution is -2.57. The van der Waals surface area contributed by atoms with Crippen molar-refractivity contribution in [3.05, 3.63) is 12.2 Å². The number of nitrogens with two attached hydrogens (primary N) is 1. The van der Waals surface area contributed by atoms with Crippen LogP contribution >= 0.6 is 0 Å². The maximum Gasteiger partial charge on any atom is 0.0433 e. The molecule has 0 aromatic rings. The van der Waals surface area contributed by atoms with E-state index in [1.807, 2.05) is 6.92 Å². The number of likely N-dealkylation sites (tertiary alicyclic amines) is 1. The van der Waals surface area contributed by atoms with Gasteiger partial charge in [0.05, 0.1) is 0 Å². The van der Waals surface area contributed by atoms with Crippen molar-refractivity contribution in [3.63, 3.8) is 0 Å². The molecule has 2 unspecified atom stereocenters. The largest absolute Gasteiger partial charge is 0.323 e. The molecule has 2 nitrogen and oxygen atoms in total. The van der Waals surface area contributed by atoms with Gasteiger partial charge in [-0.1, -0.05) is 19.1 Å². The van der Waals surface area contributed by atoms with E-state index >= 15 is 0 Å². The first-order chi connectivity index (χ1) is 6.52. The minimum Gasteiger partial charge on any atom is -0.323 e. The summed E-state index contributed by atoms with van der Waals surface area (Å²) in [7, 11) is 0. The van der Waals surface area contributed by atoms with Gasteiger partial charge >= 0.3 is 0 Å². The molecule has 0 saturated carbocycles. The Hall–Kier alpha value is -0.340. The summed E-state index contributed by atoms with van der Waals surface area (Å²) in [5.41, 5.74) is 7.46. The van der Waals surface area contributed by atoms with E-state index in [-0.39, 0.29) is 11.6 Å². The van der Waals surface area contributed by atoms with Crippen molar-refractivity contribution in [2.24, 2.45) is 5.73 Å². The first kappa shape index (κ1) is 11.7. The number of hydrogen-bond acceptors (Lipinski definition) is 2. The van der Waals surface area contributed by atoms with Crippen LogP contribution in [0.25, 0.3) is 0 Å². The van der Waals surface area contributed by atoms with Gasteiger partial charge in [0.2, 0.25) is 0 Å². The first-order valence-electron chi connectivity index (χ1n) is 5.68. The number of rotatable bonds is 4. The quantitative estimate of drug-likeness (QED) is 0.698. The van der Waals surface area contributed by atoms with E-state index in [1.165, 1.54) is 25.9 Å². The lowest BCUT2D eigenvalue weighted by Gasteiger charge is -2.43. The maximum atomic E-state index is 6.24. The highest BCUT2D eigenvalue weighted by molar-refractivity contribution is 5.12. The van der Waals surface area contributed by atoms with Gasteiger partial charge < -0.3 is 5.73 Å². The van der Waals surface area contributed by atoms with Gasteiger partial charge in [-0.3, -0.25) is 4.90 Å². The van der Waals surface area contributed by atoms with Crippen molar-refractivity contribution in [2.75, 3.05) is 13.1 Å². The van der Waals surface area contributed by atoms with Crippen LogP contribution in [0.3, 0.4) is 0 Å². The Morgan fingerprint density at radius 2 is 2.00 bits per heavy atom. The summed E-state index contributed by atoms with van der Waals surface area (Å²) in [6.07, 6.45) is 3.73. The van der Waals surface area contributed by atoms with Crippen molar-refractivity contribution in [1.29, 1.82) is 0 Å². The Kier molecular flexibility index (Phi) is 3.73. The van der Waals surface area contributed by atoms with Crippen LogP contribution in [0.1, 0.15) is 40.0 Å². The molecule has 0 aromatic heterocycles. The molecule has 1 rings (SSSR count). The maximum absolute atomic E-state index is 6.24. The summed E-state index contributed by atoms with van der Waals surface area (Å²) < 4.78 is 0. The lowest BCUT2D eigenvalue weighted by atomic mass is 9.84. The minimum absolute atomic E-state index is 0.102. The molecule has 0 aromatic carbocycles. The van der Waals surface area contributed by atoms with Crippen molar-refractivity contribution in [2.45, 2.75) is 51.6 Å². The number of nitrogens with zero attached hydrogens (tertiary/aromatic N) is 1. The predicted octanol–water partition coefficient (Wildman–Crippen LogP) is 2.15. The Balaban J connectivity index is 2.78. The molecular weight excluding hydrogens is 172 g/mol. The molecule has 0 amide bonds. The zero-order valence-corrected chi connectivity index (χ0v) is 9.84. The third-order valence-corrected chi connectivity index (χ3v) is 3.75. The summed E-state index contributed by atoms with van der Waals surface area (Å²) in [5, 5.41) is 0. The Morgan fingerprint density at radius 1 is 1.50 bits per heavy atom. The molecule has 1 fully saturated rings. The van der Waals surface area contributed by atoms with Gasteiger partial charge in [0.1, 0.15) is 0 Å². The molecule has 1 aliphatic heterocycles. The van der Waals surface area contributed by atoms with Gasteiger partial charge in [-0.2, -0.15) is 0 Å². The fraction of sp³-hybridized carbons (Fsp3) is 0.833. The van der Waals surface area contributed by atoms with E-state index in [4.69, 9.17) is 5.73 Å². The van der Waals surface area contributed by atoms with E-state index in [2.05, 4.69) is 25.3 Å². The van der Waals surface area contributed by atoms with Crippen LogP contribution in [-0.4, -0.2) is 29.6 Å². The standard InChI is InChI=1S/C12H24N2/c1-5-12(4,11(13)10(2)3)14-8-6-7-9-14/h11H,2,5-9,13H2,1,3-4H3. The number of hydrogen-bond donors (Lipinski definition) is 1. The van der Waals surface area contributed by atoms with Crippen molar-refractivity contribution >= 4 is 0 Å². The molecule has 1 aliphatic rings. The molecule has 1 heterocycles. The SMILES string of the molecule is C=C(C)C(N)C(C)(CC)N1CCCC1. The highest BCUT2D eigenvalue weighted by Gasteiger charge is 2.37. The van der Waals surface area contributed by atoms with Crippen LogP contribution in [0.4, 0.5) is 0 Å². The Labute approximate surface area is 88.2 Å². The van der Waals surface area contributed by atoms with Crippen LogP contribution in [0.15, 0.2) is 12.2 Å². The van der Waals surface area contributed by atoms with Gasteiger partial charge in [-0.15, -0.1) is 0 Å². The molecule has 2 heteroatoms. The summed E-state index contributed by atoms with van der Waals surface area (Å²) in [6.45, 7) is 12.9. The van der Waals surface area contributed by atoms with E-state index in [0.717, 1.165) is 12.0 Å². The Morgan fingerprint density at radius 3 is 2.36 bits per heavy atom. The summed E-state index contributed by atoms with van der Waals surface area (Å²) >= 11 is 0. The van der Waals surface area contributed by atoms with E-state index in [1.54, 1.807) is 0 Å². The summed E-state index contributed by atoms with van der Waals surface area (Å²) in [5.74, 6) is 0. The summed E-state index contributed by atoms with van der Waals surface area (Å²) in [6, 6.07) is 0.102. The Bertz CT molecular complexity index is 206. The molecule has 14 heavy (non-hydrogen) atoms.